The van der Waals surface area contributed by atoms with E-state index in [4.69, 9.17) is 11.6 Å². The minimum Gasteiger partial charge on any atom is -0.326 e. The molecule has 94 valence electrons. The summed E-state index contributed by atoms with van der Waals surface area (Å²) in [6.45, 7) is 5.05. The molecule has 1 amide bonds. The zero-order valence-electron chi connectivity index (χ0n) is 10.3. The van der Waals surface area contributed by atoms with Gasteiger partial charge < -0.3 is 10.6 Å². The molecule has 0 radical (unpaired) electrons. The van der Waals surface area contributed by atoms with Gasteiger partial charge in [0.15, 0.2) is 0 Å². The van der Waals surface area contributed by atoms with Crippen molar-refractivity contribution < 1.29 is 4.79 Å². The largest absolute Gasteiger partial charge is 0.326 e. The second-order valence-corrected chi connectivity index (χ2v) is 4.70. The fourth-order valence-electron chi connectivity index (χ4n) is 1.40. The topological polar surface area (TPSA) is 41.1 Å². The molecule has 17 heavy (non-hydrogen) atoms. The third-order valence-corrected chi connectivity index (χ3v) is 2.51. The van der Waals surface area contributed by atoms with Crippen molar-refractivity contribution in [3.8, 4) is 0 Å². The van der Waals surface area contributed by atoms with Crippen LogP contribution in [0.15, 0.2) is 24.3 Å². The Morgan fingerprint density at radius 3 is 2.53 bits per heavy atom. The van der Waals surface area contributed by atoms with Crippen molar-refractivity contribution in [2.24, 2.45) is 0 Å². The first kappa shape index (κ1) is 14.0. The summed E-state index contributed by atoms with van der Waals surface area (Å²) in [6, 6.07) is 7.59. The van der Waals surface area contributed by atoms with E-state index >= 15 is 0 Å². The highest BCUT2D eigenvalue weighted by molar-refractivity contribution is 6.30. The Hall–Kier alpha value is -1.06. The van der Waals surface area contributed by atoms with Crippen molar-refractivity contribution in [3.63, 3.8) is 0 Å². The lowest BCUT2D eigenvalue weighted by molar-refractivity contribution is -0.116. The number of hydrogen-bond donors (Lipinski definition) is 2. The molecule has 0 aliphatic rings. The number of benzene rings is 1. The van der Waals surface area contributed by atoms with E-state index in [1.165, 1.54) is 0 Å². The van der Waals surface area contributed by atoms with Gasteiger partial charge >= 0.3 is 0 Å². The van der Waals surface area contributed by atoms with Crippen molar-refractivity contribution in [1.29, 1.82) is 0 Å². The van der Waals surface area contributed by atoms with Crippen LogP contribution in [0.3, 0.4) is 0 Å². The fraction of sp³-hybridized carbons (Fsp3) is 0.462. The number of halogens is 1. The number of carbonyl (C=O) groups excluding carboxylic acids is 1. The summed E-state index contributed by atoms with van der Waals surface area (Å²) < 4.78 is 0. The SMILES string of the molecule is CC(C)NCCCC(=O)Nc1ccc(Cl)cc1. The highest BCUT2D eigenvalue weighted by Crippen LogP contribution is 2.13. The third-order valence-electron chi connectivity index (χ3n) is 2.26. The number of anilines is 1. The van der Waals surface area contributed by atoms with Crippen molar-refractivity contribution >= 4 is 23.2 Å². The Kier molecular flexibility index (Phi) is 6.01. The quantitative estimate of drug-likeness (QED) is 0.766. The fourth-order valence-corrected chi connectivity index (χ4v) is 1.52. The Morgan fingerprint density at radius 1 is 1.29 bits per heavy atom. The molecule has 0 unspecified atom stereocenters. The summed E-state index contributed by atoms with van der Waals surface area (Å²) in [5.41, 5.74) is 0.788. The van der Waals surface area contributed by atoms with Gasteiger partial charge in [0.25, 0.3) is 0 Å². The number of amides is 1. The van der Waals surface area contributed by atoms with Gasteiger partial charge in [-0.15, -0.1) is 0 Å². The molecule has 4 heteroatoms. The second-order valence-electron chi connectivity index (χ2n) is 4.27. The molecular formula is C13H19ClN2O. The molecular weight excluding hydrogens is 236 g/mol. The maximum Gasteiger partial charge on any atom is 0.224 e. The van der Waals surface area contributed by atoms with Gasteiger partial charge in [0, 0.05) is 23.2 Å². The van der Waals surface area contributed by atoms with Crippen molar-refractivity contribution in [2.45, 2.75) is 32.7 Å². The van der Waals surface area contributed by atoms with E-state index in [0.717, 1.165) is 18.7 Å². The van der Waals surface area contributed by atoms with Crippen LogP contribution in [0.5, 0.6) is 0 Å². The van der Waals surface area contributed by atoms with E-state index in [2.05, 4.69) is 24.5 Å². The minimum absolute atomic E-state index is 0.0397. The molecule has 0 saturated heterocycles. The number of carbonyl (C=O) groups is 1. The Balaban J connectivity index is 2.23. The molecule has 0 aromatic heterocycles. The van der Waals surface area contributed by atoms with E-state index in [1.807, 2.05) is 0 Å². The van der Waals surface area contributed by atoms with Gasteiger partial charge in [0.1, 0.15) is 0 Å². The average Bonchev–Trinajstić information content (AvgIpc) is 2.27. The van der Waals surface area contributed by atoms with Crippen LogP contribution in [0.2, 0.25) is 5.02 Å². The first-order valence-corrected chi connectivity index (χ1v) is 6.24. The normalized spacial score (nSPS) is 10.6. The Labute approximate surface area is 108 Å². The monoisotopic (exact) mass is 254 g/mol. The Morgan fingerprint density at radius 2 is 1.94 bits per heavy atom. The predicted molar refractivity (Wildman–Crippen MR) is 72.5 cm³/mol. The maximum atomic E-state index is 11.6. The summed E-state index contributed by atoms with van der Waals surface area (Å²) in [5.74, 6) is 0.0397. The molecule has 0 saturated carbocycles. The van der Waals surface area contributed by atoms with Crippen LogP contribution < -0.4 is 10.6 Å². The zero-order valence-corrected chi connectivity index (χ0v) is 11.1. The first-order valence-electron chi connectivity index (χ1n) is 5.86. The molecule has 0 aliphatic carbocycles. The van der Waals surface area contributed by atoms with Crippen LogP contribution in [0.1, 0.15) is 26.7 Å². The minimum atomic E-state index is 0.0397. The summed E-state index contributed by atoms with van der Waals surface area (Å²) in [5, 5.41) is 6.78. The van der Waals surface area contributed by atoms with E-state index in [0.29, 0.717) is 17.5 Å². The smallest absolute Gasteiger partial charge is 0.224 e. The van der Waals surface area contributed by atoms with Gasteiger partial charge in [-0.05, 0) is 37.2 Å². The summed E-state index contributed by atoms with van der Waals surface area (Å²) in [7, 11) is 0. The van der Waals surface area contributed by atoms with E-state index in [-0.39, 0.29) is 5.91 Å². The van der Waals surface area contributed by atoms with Crippen molar-refractivity contribution in [3.05, 3.63) is 29.3 Å². The maximum absolute atomic E-state index is 11.6. The molecule has 0 spiro atoms. The van der Waals surface area contributed by atoms with Crippen LogP contribution in [0.4, 0.5) is 5.69 Å². The molecule has 2 N–H and O–H groups in total. The van der Waals surface area contributed by atoms with Crippen molar-refractivity contribution in [2.75, 3.05) is 11.9 Å². The molecule has 0 bridgehead atoms. The highest BCUT2D eigenvalue weighted by Gasteiger charge is 2.02. The van der Waals surface area contributed by atoms with Gasteiger partial charge in [-0.25, -0.2) is 0 Å². The molecule has 3 nitrogen and oxygen atoms in total. The Bertz CT molecular complexity index is 349. The molecule has 0 heterocycles. The molecule has 0 fully saturated rings. The number of rotatable bonds is 6. The lowest BCUT2D eigenvalue weighted by atomic mass is 10.2. The lowest BCUT2D eigenvalue weighted by Gasteiger charge is -2.08. The first-order chi connectivity index (χ1) is 8.08. The van der Waals surface area contributed by atoms with Gasteiger partial charge in [-0.1, -0.05) is 25.4 Å². The van der Waals surface area contributed by atoms with Crippen LogP contribution in [0.25, 0.3) is 0 Å². The highest BCUT2D eigenvalue weighted by atomic mass is 35.5. The van der Waals surface area contributed by atoms with Gasteiger partial charge in [-0.3, -0.25) is 4.79 Å². The molecule has 1 aromatic rings. The third kappa shape index (κ3) is 6.29. The van der Waals surface area contributed by atoms with E-state index < -0.39 is 0 Å². The lowest BCUT2D eigenvalue weighted by Crippen LogP contribution is -2.24. The predicted octanol–water partition coefficient (Wildman–Crippen LogP) is 3.06. The number of nitrogens with one attached hydrogen (secondary N) is 2. The molecule has 0 aliphatic heterocycles. The number of hydrogen-bond acceptors (Lipinski definition) is 2. The zero-order chi connectivity index (χ0) is 12.7. The van der Waals surface area contributed by atoms with E-state index in [9.17, 15) is 4.79 Å². The van der Waals surface area contributed by atoms with Crippen LogP contribution in [-0.4, -0.2) is 18.5 Å². The summed E-state index contributed by atoms with van der Waals surface area (Å²) in [4.78, 5) is 11.6. The van der Waals surface area contributed by atoms with Crippen LogP contribution in [-0.2, 0) is 4.79 Å². The van der Waals surface area contributed by atoms with Crippen molar-refractivity contribution in [1.82, 2.24) is 5.32 Å². The average molecular weight is 255 g/mol. The van der Waals surface area contributed by atoms with Gasteiger partial charge in [0.2, 0.25) is 5.91 Å². The molecule has 0 atom stereocenters. The summed E-state index contributed by atoms with van der Waals surface area (Å²) in [6.07, 6.45) is 1.37. The summed E-state index contributed by atoms with van der Waals surface area (Å²) >= 11 is 5.76. The molecule has 1 aromatic carbocycles. The van der Waals surface area contributed by atoms with Crippen LogP contribution in [0, 0.1) is 0 Å². The second kappa shape index (κ2) is 7.30. The van der Waals surface area contributed by atoms with Gasteiger partial charge in [0.05, 0.1) is 0 Å². The molecule has 1 rings (SSSR count). The standard InChI is InChI=1S/C13H19ClN2O/c1-10(2)15-9-3-4-13(17)16-12-7-5-11(14)6-8-12/h5-8,10,15H,3-4,9H2,1-2H3,(H,16,17). The van der Waals surface area contributed by atoms with Crippen LogP contribution >= 0.6 is 11.6 Å². The van der Waals surface area contributed by atoms with E-state index in [1.54, 1.807) is 24.3 Å². The van der Waals surface area contributed by atoms with Gasteiger partial charge in [-0.2, -0.15) is 0 Å².